The van der Waals surface area contributed by atoms with E-state index < -0.39 is 23.7 Å². The van der Waals surface area contributed by atoms with E-state index in [-0.39, 0.29) is 12.2 Å². The molecule has 9 nitrogen and oxygen atoms in total. The molecule has 1 saturated carbocycles. The van der Waals surface area contributed by atoms with E-state index in [4.69, 9.17) is 14.2 Å². The van der Waals surface area contributed by atoms with Gasteiger partial charge in [0.15, 0.2) is 0 Å². The first kappa shape index (κ1) is 30.9. The van der Waals surface area contributed by atoms with Crippen molar-refractivity contribution in [3.63, 3.8) is 0 Å². The van der Waals surface area contributed by atoms with Gasteiger partial charge in [-0.05, 0) is 76.4 Å². The number of carbonyl (C=O) groups excluding carboxylic acids is 1. The van der Waals surface area contributed by atoms with E-state index in [1.54, 1.807) is 17.0 Å². The van der Waals surface area contributed by atoms with Crippen molar-refractivity contribution in [3.8, 4) is 17.0 Å². The largest absolute Gasteiger partial charge is 0.491 e. The van der Waals surface area contributed by atoms with E-state index in [9.17, 15) is 14.7 Å². The maximum absolute atomic E-state index is 13.7. The molecule has 0 radical (unpaired) electrons. The summed E-state index contributed by atoms with van der Waals surface area (Å²) in [5, 5.41) is 14.1. The van der Waals surface area contributed by atoms with Crippen molar-refractivity contribution in [2.75, 3.05) is 40.0 Å². The Morgan fingerprint density at radius 1 is 1.09 bits per heavy atom. The molecule has 1 aromatic heterocycles. The number of nitrogens with zero attached hydrogens (tertiary/aromatic N) is 2. The van der Waals surface area contributed by atoms with Crippen molar-refractivity contribution < 1.29 is 28.9 Å². The quantitative estimate of drug-likeness (QED) is 0.282. The lowest BCUT2D eigenvalue weighted by atomic mass is 9.81. The second-order valence-electron chi connectivity index (χ2n) is 12.6. The minimum atomic E-state index is -0.961. The van der Waals surface area contributed by atoms with Gasteiger partial charge in [0.25, 0.3) is 0 Å². The minimum absolute atomic E-state index is 0.244. The van der Waals surface area contributed by atoms with Crippen LogP contribution >= 0.6 is 0 Å². The number of aromatic nitrogens is 1. The summed E-state index contributed by atoms with van der Waals surface area (Å²) >= 11 is 0. The Bertz CT molecular complexity index is 1440. The number of nitrogens with one attached hydrogen (secondary N) is 1. The Hall–Kier alpha value is -3.56. The Labute approximate surface area is 254 Å². The van der Waals surface area contributed by atoms with Crippen molar-refractivity contribution >= 4 is 23.0 Å². The Morgan fingerprint density at radius 3 is 2.58 bits per heavy atom. The summed E-state index contributed by atoms with van der Waals surface area (Å²) in [5.41, 5.74) is 3.74. The first-order valence-electron chi connectivity index (χ1n) is 15.5. The van der Waals surface area contributed by atoms with Crippen molar-refractivity contribution in [2.45, 2.75) is 77.0 Å². The Kier molecular flexibility index (Phi) is 9.62. The lowest BCUT2D eigenvalue weighted by molar-refractivity contribution is -0.000128. The first-order chi connectivity index (χ1) is 20.7. The molecule has 2 aromatic carbocycles. The number of aromatic carboxylic acids is 1. The second-order valence-corrected chi connectivity index (χ2v) is 12.6. The molecule has 0 spiro atoms. The van der Waals surface area contributed by atoms with Crippen molar-refractivity contribution in [1.29, 1.82) is 0 Å². The molecule has 1 atom stereocenters. The third-order valence-electron chi connectivity index (χ3n) is 8.37. The molecule has 1 aliphatic heterocycles. The molecule has 2 N–H and O–H groups in total. The number of carboxylic acids is 1. The van der Waals surface area contributed by atoms with Gasteiger partial charge in [0.05, 0.1) is 30.5 Å². The zero-order valence-corrected chi connectivity index (χ0v) is 25.9. The van der Waals surface area contributed by atoms with Gasteiger partial charge in [0.1, 0.15) is 18.0 Å². The summed E-state index contributed by atoms with van der Waals surface area (Å²) in [6.45, 7) is 8.18. The Morgan fingerprint density at radius 2 is 1.86 bits per heavy atom. The molecular weight excluding hydrogens is 546 g/mol. The van der Waals surface area contributed by atoms with E-state index in [2.05, 4.69) is 16.0 Å². The molecular formula is C34H45N3O6. The van der Waals surface area contributed by atoms with Crippen LogP contribution in [0, 0.1) is 0 Å². The summed E-state index contributed by atoms with van der Waals surface area (Å²) in [5.74, 6) is 0.148. The van der Waals surface area contributed by atoms with Crippen LogP contribution in [0.5, 0.6) is 5.75 Å². The molecule has 1 aliphatic carbocycles. The third-order valence-corrected chi connectivity index (χ3v) is 8.37. The number of likely N-dealkylation sites (N-methyl/N-ethyl adjacent to an activating group) is 1. The summed E-state index contributed by atoms with van der Waals surface area (Å²) in [6, 6.07) is 13.1. The number of hydrogen-bond donors (Lipinski definition) is 2. The summed E-state index contributed by atoms with van der Waals surface area (Å²) in [4.78, 5) is 27.5. The predicted octanol–water partition coefficient (Wildman–Crippen LogP) is 6.29. The fraction of sp³-hybridized carbons (Fsp3) is 0.529. The average molecular weight is 592 g/mol. The zero-order valence-electron chi connectivity index (χ0n) is 25.9. The van der Waals surface area contributed by atoms with Crippen LogP contribution in [0.15, 0.2) is 42.5 Å². The first-order valence-corrected chi connectivity index (χ1v) is 15.5. The van der Waals surface area contributed by atoms with Crippen molar-refractivity contribution in [2.24, 2.45) is 0 Å². The predicted molar refractivity (Wildman–Crippen MR) is 167 cm³/mol. The number of amides is 1. The fourth-order valence-corrected chi connectivity index (χ4v) is 6.40. The van der Waals surface area contributed by atoms with Gasteiger partial charge in [-0.3, -0.25) is 4.90 Å². The van der Waals surface area contributed by atoms with Gasteiger partial charge in [-0.1, -0.05) is 37.5 Å². The van der Waals surface area contributed by atoms with Crippen LogP contribution < -0.4 is 10.1 Å². The molecule has 5 rings (SSSR count). The van der Waals surface area contributed by atoms with Gasteiger partial charge in [-0.25, -0.2) is 9.59 Å². The maximum Gasteiger partial charge on any atom is 0.410 e. The molecule has 43 heavy (non-hydrogen) atoms. The SMILES string of the molecule is CNCCOCCN(C(=O)OC(C)(C)C)[C@H]1COc2ccccc2-c2c(C3CCCCC3)c3ccc(C(=O)O)cc3n2C1. The van der Waals surface area contributed by atoms with E-state index in [1.165, 1.54) is 24.8 Å². The van der Waals surface area contributed by atoms with Crippen LogP contribution in [0.3, 0.4) is 0 Å². The smallest absolute Gasteiger partial charge is 0.410 e. The highest BCUT2D eigenvalue weighted by molar-refractivity contribution is 5.98. The van der Waals surface area contributed by atoms with Crippen molar-refractivity contribution in [1.82, 2.24) is 14.8 Å². The van der Waals surface area contributed by atoms with Crippen LogP contribution in [-0.2, 0) is 16.0 Å². The van der Waals surface area contributed by atoms with Crippen LogP contribution in [-0.4, -0.2) is 78.2 Å². The minimum Gasteiger partial charge on any atom is -0.491 e. The molecule has 2 heterocycles. The molecule has 1 amide bonds. The lowest BCUT2D eigenvalue weighted by Crippen LogP contribution is -2.49. The molecule has 9 heteroatoms. The topological polar surface area (TPSA) is 102 Å². The van der Waals surface area contributed by atoms with Crippen LogP contribution in [0.2, 0.25) is 0 Å². The lowest BCUT2D eigenvalue weighted by Gasteiger charge is -2.35. The second kappa shape index (κ2) is 13.4. The molecule has 0 unspecified atom stereocenters. The highest BCUT2D eigenvalue weighted by atomic mass is 16.6. The third kappa shape index (κ3) is 6.99. The van der Waals surface area contributed by atoms with Gasteiger partial charge in [0.2, 0.25) is 0 Å². The number of ether oxygens (including phenoxy) is 3. The van der Waals surface area contributed by atoms with Gasteiger partial charge >= 0.3 is 12.1 Å². The number of carbonyl (C=O) groups is 2. The number of carboxylic acid groups (broad SMARTS) is 1. The molecule has 2 aliphatic rings. The monoisotopic (exact) mass is 591 g/mol. The number of para-hydroxylation sites is 1. The standard InChI is InChI=1S/C34H45N3O6/c1-34(2,3)43-33(40)36(17-19-41-18-16-35-4)25-21-37-28-20-24(32(38)39)14-15-26(28)30(23-10-6-5-7-11-23)31(37)27-12-8-9-13-29(27)42-22-25/h8-9,12-15,20,23,25,35H,5-7,10-11,16-19,21-22H2,1-4H3,(H,38,39)/t25-/m1/s1. The Balaban J connectivity index is 1.65. The van der Waals surface area contributed by atoms with Gasteiger partial charge in [-0.15, -0.1) is 0 Å². The van der Waals surface area contributed by atoms with E-state index in [0.717, 1.165) is 40.8 Å². The van der Waals surface area contributed by atoms with Gasteiger partial charge in [-0.2, -0.15) is 0 Å². The normalized spacial score (nSPS) is 17.3. The van der Waals surface area contributed by atoms with E-state index >= 15 is 0 Å². The van der Waals surface area contributed by atoms with E-state index in [1.807, 2.05) is 52.1 Å². The van der Waals surface area contributed by atoms with Gasteiger partial charge in [0, 0.05) is 36.1 Å². The van der Waals surface area contributed by atoms with Crippen LogP contribution in [0.1, 0.15) is 74.7 Å². The molecule has 3 aromatic rings. The highest BCUT2D eigenvalue weighted by Gasteiger charge is 2.35. The van der Waals surface area contributed by atoms with Crippen molar-refractivity contribution in [3.05, 3.63) is 53.6 Å². The van der Waals surface area contributed by atoms with E-state index in [0.29, 0.717) is 38.8 Å². The fourth-order valence-electron chi connectivity index (χ4n) is 6.40. The number of rotatable bonds is 9. The average Bonchev–Trinajstić information content (AvgIpc) is 3.28. The molecule has 0 bridgehead atoms. The summed E-state index contributed by atoms with van der Waals surface area (Å²) < 4.78 is 20.4. The van der Waals surface area contributed by atoms with Crippen LogP contribution in [0.25, 0.3) is 22.2 Å². The highest BCUT2D eigenvalue weighted by Crippen LogP contribution is 2.47. The summed E-state index contributed by atoms with van der Waals surface area (Å²) in [6.07, 6.45) is 5.33. The van der Waals surface area contributed by atoms with Crippen LogP contribution in [0.4, 0.5) is 4.79 Å². The summed E-state index contributed by atoms with van der Waals surface area (Å²) in [7, 11) is 1.87. The zero-order chi connectivity index (χ0) is 30.6. The number of fused-ring (bicyclic) bond motifs is 5. The van der Waals surface area contributed by atoms with Gasteiger partial charge < -0.3 is 29.2 Å². The maximum atomic E-state index is 13.7. The number of benzene rings is 2. The molecule has 232 valence electrons. The molecule has 0 saturated heterocycles. The molecule has 1 fully saturated rings. The number of hydrogen-bond acceptors (Lipinski definition) is 6.